The Labute approximate surface area is 150 Å². The number of benzene rings is 2. The maximum Gasteiger partial charge on any atom is 0.343 e. The van der Waals surface area contributed by atoms with E-state index in [9.17, 15) is 15.0 Å². The second kappa shape index (κ2) is 7.05. The van der Waals surface area contributed by atoms with Gasteiger partial charge in [-0.2, -0.15) is 5.10 Å². The number of phenolic OH excluding ortho intramolecular Hbond substituents is 2. The van der Waals surface area contributed by atoms with Crippen molar-refractivity contribution >= 4 is 0 Å². The van der Waals surface area contributed by atoms with Crippen LogP contribution in [0.3, 0.4) is 0 Å². The molecule has 0 aliphatic carbocycles. The summed E-state index contributed by atoms with van der Waals surface area (Å²) in [7, 11) is 0. The molecule has 1 aromatic heterocycles. The standard InChI is InChI=1S/C19H22N4O3/c1-11(2)14-7-8-15(24)16(17(14)25)18-21-22-19(26)23(18)10-13-5-3-12(9-20)4-6-13/h3-8,11,24-25H,9-10,20H2,1-2H3,(H,22,26). The SMILES string of the molecule is CC(C)c1ccc(O)c(-c2n[nH]c(=O)n2Cc2ccc(CN)cc2)c1O. The molecule has 0 saturated carbocycles. The molecule has 3 aromatic rings. The summed E-state index contributed by atoms with van der Waals surface area (Å²) in [6.45, 7) is 4.57. The molecule has 0 spiro atoms. The molecule has 0 amide bonds. The van der Waals surface area contributed by atoms with E-state index >= 15 is 0 Å². The van der Waals surface area contributed by atoms with Gasteiger partial charge in [0.2, 0.25) is 0 Å². The van der Waals surface area contributed by atoms with Crippen LogP contribution in [0.25, 0.3) is 11.4 Å². The molecule has 7 nitrogen and oxygen atoms in total. The van der Waals surface area contributed by atoms with Crippen LogP contribution in [-0.2, 0) is 13.1 Å². The van der Waals surface area contributed by atoms with E-state index in [0.29, 0.717) is 12.1 Å². The normalized spacial score (nSPS) is 11.2. The molecule has 0 unspecified atom stereocenters. The van der Waals surface area contributed by atoms with Crippen molar-refractivity contribution in [3.63, 3.8) is 0 Å². The maximum atomic E-state index is 12.2. The molecule has 0 atom stereocenters. The van der Waals surface area contributed by atoms with Crippen molar-refractivity contribution in [3.05, 3.63) is 63.6 Å². The number of H-pyrrole nitrogens is 1. The van der Waals surface area contributed by atoms with E-state index in [1.807, 2.05) is 38.1 Å². The van der Waals surface area contributed by atoms with Crippen LogP contribution in [-0.4, -0.2) is 25.0 Å². The highest BCUT2D eigenvalue weighted by Gasteiger charge is 2.22. The topological polar surface area (TPSA) is 117 Å². The summed E-state index contributed by atoms with van der Waals surface area (Å²) in [5.74, 6) is 0.0389. The molecular formula is C19H22N4O3. The molecule has 0 aliphatic heterocycles. The predicted molar refractivity (Wildman–Crippen MR) is 99.1 cm³/mol. The van der Waals surface area contributed by atoms with Crippen LogP contribution >= 0.6 is 0 Å². The number of phenols is 2. The van der Waals surface area contributed by atoms with Crippen molar-refractivity contribution in [2.45, 2.75) is 32.9 Å². The zero-order valence-corrected chi connectivity index (χ0v) is 14.7. The number of rotatable bonds is 5. The van der Waals surface area contributed by atoms with E-state index in [0.717, 1.165) is 11.1 Å². The molecule has 136 valence electrons. The van der Waals surface area contributed by atoms with Gasteiger partial charge in [-0.1, -0.05) is 44.2 Å². The Morgan fingerprint density at radius 2 is 1.77 bits per heavy atom. The molecule has 7 heteroatoms. The first-order valence-corrected chi connectivity index (χ1v) is 8.40. The second-order valence-electron chi connectivity index (χ2n) is 6.51. The van der Waals surface area contributed by atoms with Crippen LogP contribution in [0.15, 0.2) is 41.2 Å². The van der Waals surface area contributed by atoms with Crippen molar-refractivity contribution in [3.8, 4) is 22.9 Å². The summed E-state index contributed by atoms with van der Waals surface area (Å²) >= 11 is 0. The van der Waals surface area contributed by atoms with E-state index in [1.165, 1.54) is 10.6 Å². The molecule has 26 heavy (non-hydrogen) atoms. The Morgan fingerprint density at radius 3 is 2.38 bits per heavy atom. The van der Waals surface area contributed by atoms with Crippen LogP contribution < -0.4 is 11.4 Å². The first-order valence-electron chi connectivity index (χ1n) is 8.40. The molecule has 0 fully saturated rings. The van der Waals surface area contributed by atoms with Gasteiger partial charge in [-0.25, -0.2) is 9.89 Å². The van der Waals surface area contributed by atoms with Gasteiger partial charge in [0, 0.05) is 6.54 Å². The number of aromatic hydroxyl groups is 2. The fourth-order valence-corrected chi connectivity index (χ4v) is 2.90. The zero-order valence-electron chi connectivity index (χ0n) is 14.7. The Hall–Kier alpha value is -3.06. The maximum absolute atomic E-state index is 12.2. The molecule has 5 N–H and O–H groups in total. The van der Waals surface area contributed by atoms with Gasteiger partial charge in [0.1, 0.15) is 17.1 Å². The van der Waals surface area contributed by atoms with E-state index in [4.69, 9.17) is 5.73 Å². The minimum atomic E-state index is -0.420. The largest absolute Gasteiger partial charge is 0.507 e. The molecule has 0 aliphatic rings. The van der Waals surface area contributed by atoms with Gasteiger partial charge in [-0.05, 0) is 28.7 Å². The fraction of sp³-hybridized carbons (Fsp3) is 0.263. The third kappa shape index (κ3) is 3.21. The van der Waals surface area contributed by atoms with Crippen LogP contribution in [0.2, 0.25) is 0 Å². The Morgan fingerprint density at radius 1 is 1.12 bits per heavy atom. The third-order valence-electron chi connectivity index (χ3n) is 4.39. The Bertz CT molecular complexity index is 971. The molecule has 1 heterocycles. The molecule has 3 rings (SSSR count). The van der Waals surface area contributed by atoms with Crippen molar-refractivity contribution in [2.24, 2.45) is 5.73 Å². The third-order valence-corrected chi connectivity index (χ3v) is 4.39. The lowest BCUT2D eigenvalue weighted by Crippen LogP contribution is -2.18. The number of aromatic amines is 1. The number of nitrogens with zero attached hydrogens (tertiary/aromatic N) is 2. The van der Waals surface area contributed by atoms with Crippen LogP contribution in [0, 0.1) is 0 Å². The average molecular weight is 354 g/mol. The van der Waals surface area contributed by atoms with Gasteiger partial charge in [-0.15, -0.1) is 0 Å². The van der Waals surface area contributed by atoms with Crippen molar-refractivity contribution in [1.29, 1.82) is 0 Å². The number of hydrogen-bond donors (Lipinski definition) is 4. The van der Waals surface area contributed by atoms with Gasteiger partial charge >= 0.3 is 5.69 Å². The summed E-state index contributed by atoms with van der Waals surface area (Å²) in [5.41, 5.74) is 7.88. The van der Waals surface area contributed by atoms with Crippen LogP contribution in [0.4, 0.5) is 0 Å². The minimum absolute atomic E-state index is 0.0530. The molecule has 0 saturated heterocycles. The van der Waals surface area contributed by atoms with Gasteiger partial charge < -0.3 is 15.9 Å². The lowest BCUT2D eigenvalue weighted by Gasteiger charge is -2.14. The summed E-state index contributed by atoms with van der Waals surface area (Å²) < 4.78 is 1.39. The van der Waals surface area contributed by atoms with Gasteiger partial charge in [-0.3, -0.25) is 4.57 Å². The van der Waals surface area contributed by atoms with Gasteiger partial charge in [0.25, 0.3) is 0 Å². The summed E-state index contributed by atoms with van der Waals surface area (Å²) in [4.78, 5) is 12.2. The monoisotopic (exact) mass is 354 g/mol. The van der Waals surface area contributed by atoms with Crippen molar-refractivity contribution in [2.75, 3.05) is 0 Å². The summed E-state index contributed by atoms with van der Waals surface area (Å²) in [6.07, 6.45) is 0. The zero-order chi connectivity index (χ0) is 18.8. The number of hydrogen-bond acceptors (Lipinski definition) is 5. The second-order valence-corrected chi connectivity index (χ2v) is 6.51. The van der Waals surface area contributed by atoms with E-state index in [1.54, 1.807) is 6.07 Å². The number of nitrogens with one attached hydrogen (secondary N) is 1. The fourth-order valence-electron chi connectivity index (χ4n) is 2.90. The summed E-state index contributed by atoms with van der Waals surface area (Å²) in [5, 5.41) is 27.3. The predicted octanol–water partition coefficient (Wildman–Crippen LogP) is 2.28. The quantitative estimate of drug-likeness (QED) is 0.561. The Kier molecular flexibility index (Phi) is 4.81. The minimum Gasteiger partial charge on any atom is -0.507 e. The smallest absolute Gasteiger partial charge is 0.343 e. The molecular weight excluding hydrogens is 332 g/mol. The number of aromatic nitrogens is 3. The number of nitrogens with two attached hydrogens (primary N) is 1. The average Bonchev–Trinajstić information content (AvgIpc) is 2.96. The van der Waals surface area contributed by atoms with Crippen molar-refractivity contribution < 1.29 is 10.2 Å². The van der Waals surface area contributed by atoms with Crippen LogP contribution in [0.1, 0.15) is 36.5 Å². The lowest BCUT2D eigenvalue weighted by atomic mass is 9.98. The van der Waals surface area contributed by atoms with Gasteiger partial charge in [0.05, 0.1) is 6.54 Å². The first kappa shape index (κ1) is 17.8. The highest BCUT2D eigenvalue weighted by atomic mass is 16.3. The van der Waals surface area contributed by atoms with E-state index < -0.39 is 5.69 Å². The van der Waals surface area contributed by atoms with Gasteiger partial charge in [0.15, 0.2) is 5.82 Å². The highest BCUT2D eigenvalue weighted by molar-refractivity contribution is 5.73. The molecule has 0 bridgehead atoms. The highest BCUT2D eigenvalue weighted by Crippen LogP contribution is 2.40. The van der Waals surface area contributed by atoms with Crippen molar-refractivity contribution in [1.82, 2.24) is 14.8 Å². The Balaban J connectivity index is 2.08. The first-order chi connectivity index (χ1) is 12.4. The van der Waals surface area contributed by atoms with E-state index in [2.05, 4.69) is 10.2 Å². The summed E-state index contributed by atoms with van der Waals surface area (Å²) in [6, 6.07) is 10.7. The lowest BCUT2D eigenvalue weighted by molar-refractivity contribution is 0.446. The van der Waals surface area contributed by atoms with Crippen LogP contribution in [0.5, 0.6) is 11.5 Å². The van der Waals surface area contributed by atoms with E-state index in [-0.39, 0.29) is 35.3 Å². The molecule has 2 aromatic carbocycles. The molecule has 0 radical (unpaired) electrons.